The molecule has 10 radical (unpaired) electrons. The average molecular weight is 627 g/mol. The van der Waals surface area contributed by atoms with Crippen LogP contribution in [0.1, 0.15) is 45.9 Å². The minimum atomic E-state index is 0. The maximum Gasteiger partial charge on any atom is 2.00 e. The Balaban J connectivity index is 0.000000155. The summed E-state index contributed by atoms with van der Waals surface area (Å²) in [6, 6.07) is 41.6. The van der Waals surface area contributed by atoms with Crippen LogP contribution in [0.4, 0.5) is 0 Å². The summed E-state index contributed by atoms with van der Waals surface area (Å²) >= 11 is 0. The van der Waals surface area contributed by atoms with Crippen LogP contribution in [0.25, 0.3) is 0 Å². The predicted molar refractivity (Wildman–Crippen MR) is 175 cm³/mol. The molecule has 4 atom stereocenters. The van der Waals surface area contributed by atoms with Gasteiger partial charge in [0, 0.05) is 47.3 Å². The Morgan fingerprint density at radius 3 is 0.800 bits per heavy atom. The van der Waals surface area contributed by atoms with Crippen molar-refractivity contribution in [2.75, 3.05) is 0 Å². The molecule has 0 aliphatic heterocycles. The van der Waals surface area contributed by atoms with Crippen LogP contribution in [0.3, 0.4) is 0 Å². The zero-order valence-electron chi connectivity index (χ0n) is 24.8. The normalized spacial score (nSPS) is 27.1. The van der Waals surface area contributed by atoms with Crippen molar-refractivity contribution in [1.82, 2.24) is 0 Å². The van der Waals surface area contributed by atoms with E-state index >= 15 is 0 Å². The molecule has 3 heteroatoms. The summed E-state index contributed by atoms with van der Waals surface area (Å²) in [6.07, 6.45) is 15.4. The molecule has 4 saturated carbocycles. The molecule has 4 aromatic rings. The Labute approximate surface area is 279 Å². The van der Waals surface area contributed by atoms with E-state index in [0.717, 1.165) is 11.8 Å². The van der Waals surface area contributed by atoms with Crippen LogP contribution in [0, 0.1) is 75.0 Å². The average Bonchev–Trinajstić information content (AvgIpc) is 3.82. The molecule has 4 fully saturated rings. The molecule has 2 nitrogen and oxygen atoms in total. The first-order valence-corrected chi connectivity index (χ1v) is 15.4. The van der Waals surface area contributed by atoms with Gasteiger partial charge in [-0.3, -0.25) is 9.59 Å². The van der Waals surface area contributed by atoms with Gasteiger partial charge in [0.05, 0.1) is 0 Å². The molecule has 0 aromatic heterocycles. The second-order valence-electron chi connectivity index (χ2n) is 11.9. The molecule has 0 N–H and O–H groups in total. The molecular formula is C42H34FeO2+2. The van der Waals surface area contributed by atoms with Gasteiger partial charge >= 0.3 is 17.1 Å². The summed E-state index contributed by atoms with van der Waals surface area (Å²) in [5.41, 5.74) is 5.06. The van der Waals surface area contributed by atoms with Crippen LogP contribution >= 0.6 is 0 Å². The van der Waals surface area contributed by atoms with E-state index in [1.807, 2.05) is 75.6 Å². The summed E-state index contributed by atoms with van der Waals surface area (Å²) < 4.78 is 0. The Morgan fingerprint density at radius 1 is 0.356 bits per heavy atom. The minimum absolute atomic E-state index is 0. The third-order valence-electron chi connectivity index (χ3n) is 9.28. The molecule has 0 heterocycles. The Morgan fingerprint density at radius 2 is 0.578 bits per heavy atom. The molecule has 4 unspecified atom stereocenters. The maximum atomic E-state index is 12.8. The van der Waals surface area contributed by atoms with Crippen molar-refractivity contribution < 1.29 is 26.7 Å². The zero-order chi connectivity index (χ0) is 29.9. The quantitative estimate of drug-likeness (QED) is 0.185. The number of hydrogen-bond acceptors (Lipinski definition) is 2. The molecular weight excluding hydrogens is 592 g/mol. The Hall–Kier alpha value is -3.26. The number of carbonyl (C=O) groups is 2. The molecule has 4 aliphatic carbocycles. The number of ketones is 2. The molecule has 0 spiro atoms. The first kappa shape index (κ1) is 31.7. The fourth-order valence-corrected chi connectivity index (χ4v) is 7.10. The van der Waals surface area contributed by atoms with Gasteiger partial charge in [-0.1, -0.05) is 121 Å². The van der Waals surface area contributed by atoms with Crippen molar-refractivity contribution in [3.05, 3.63) is 207 Å². The van der Waals surface area contributed by atoms with Gasteiger partial charge in [0.15, 0.2) is 0 Å². The predicted octanol–water partition coefficient (Wildman–Crippen LogP) is 8.31. The number of benzene rings is 4. The topological polar surface area (TPSA) is 34.1 Å². The number of Topliss-reactive ketones (excluding diaryl/α,β-unsaturated/α-hetero) is 2. The molecule has 45 heavy (non-hydrogen) atoms. The van der Waals surface area contributed by atoms with Crippen molar-refractivity contribution in [2.45, 2.75) is 23.7 Å². The molecule has 0 saturated heterocycles. The van der Waals surface area contributed by atoms with Crippen LogP contribution in [-0.2, 0) is 26.7 Å². The second kappa shape index (κ2) is 14.4. The van der Waals surface area contributed by atoms with Gasteiger partial charge in [0.1, 0.15) is 11.6 Å². The fourth-order valence-electron chi connectivity index (χ4n) is 7.10. The molecule has 0 bridgehead atoms. The van der Waals surface area contributed by atoms with E-state index in [2.05, 4.69) is 97.1 Å². The van der Waals surface area contributed by atoms with Gasteiger partial charge < -0.3 is 0 Å². The summed E-state index contributed by atoms with van der Waals surface area (Å²) in [5.74, 6) is 3.53. The first-order chi connectivity index (χ1) is 21.7. The van der Waals surface area contributed by atoms with E-state index in [1.54, 1.807) is 0 Å². The largest absolute Gasteiger partial charge is 2.00 e. The molecule has 4 aromatic carbocycles. The van der Waals surface area contributed by atoms with Crippen LogP contribution in [0.15, 0.2) is 121 Å². The maximum absolute atomic E-state index is 12.8. The van der Waals surface area contributed by atoms with Gasteiger partial charge in [-0.25, -0.2) is 0 Å². The third kappa shape index (κ3) is 6.81. The fraction of sp³-hybridized carbons (Fsp3) is 0.143. The molecule has 220 valence electrons. The third-order valence-corrected chi connectivity index (χ3v) is 9.28. The molecule has 4 aliphatic rings. The van der Waals surface area contributed by atoms with Crippen molar-refractivity contribution >= 4 is 11.6 Å². The molecule has 8 rings (SSSR count). The van der Waals surface area contributed by atoms with E-state index in [0.29, 0.717) is 23.7 Å². The van der Waals surface area contributed by atoms with Crippen LogP contribution in [0.2, 0.25) is 0 Å². The van der Waals surface area contributed by atoms with E-state index in [-0.39, 0.29) is 40.5 Å². The summed E-state index contributed by atoms with van der Waals surface area (Å²) in [5, 5.41) is 0. The number of carbonyl (C=O) groups excluding carboxylic acids is 2. The number of hydrogen-bond donors (Lipinski definition) is 0. The van der Waals surface area contributed by atoms with Crippen molar-refractivity contribution in [3.63, 3.8) is 0 Å². The zero-order valence-corrected chi connectivity index (χ0v) is 25.9. The smallest absolute Gasteiger partial charge is 0.299 e. The summed E-state index contributed by atoms with van der Waals surface area (Å²) in [4.78, 5) is 25.7. The van der Waals surface area contributed by atoms with Crippen LogP contribution in [0.5, 0.6) is 0 Å². The van der Waals surface area contributed by atoms with Gasteiger partial charge in [-0.15, -0.1) is 0 Å². The van der Waals surface area contributed by atoms with Gasteiger partial charge in [-0.2, -0.15) is 0 Å². The standard InChI is InChI=1S/2C21H17O.Fe/c2*22-21(17-13-7-8-14-17)20-18(15-9-3-1-4-10-15)19(20)16-11-5-2-6-12-16;/h2*1-14,18-20H;/q;;+2. The van der Waals surface area contributed by atoms with E-state index in [4.69, 9.17) is 0 Å². The molecule has 0 amide bonds. The van der Waals surface area contributed by atoms with Gasteiger partial charge in [-0.05, 0) is 73.6 Å². The van der Waals surface area contributed by atoms with E-state index in [1.165, 1.54) is 22.3 Å². The Kier molecular flexibility index (Phi) is 10.2. The van der Waals surface area contributed by atoms with Crippen molar-refractivity contribution in [1.29, 1.82) is 0 Å². The van der Waals surface area contributed by atoms with Gasteiger partial charge in [0.25, 0.3) is 0 Å². The van der Waals surface area contributed by atoms with Gasteiger partial charge in [0.2, 0.25) is 0 Å². The van der Waals surface area contributed by atoms with Crippen molar-refractivity contribution in [2.24, 2.45) is 11.8 Å². The van der Waals surface area contributed by atoms with Crippen LogP contribution in [-0.4, -0.2) is 11.6 Å². The van der Waals surface area contributed by atoms with Crippen LogP contribution < -0.4 is 0 Å². The number of rotatable bonds is 8. The summed E-state index contributed by atoms with van der Waals surface area (Å²) in [6.45, 7) is 0. The van der Waals surface area contributed by atoms with E-state index < -0.39 is 0 Å². The second-order valence-corrected chi connectivity index (χ2v) is 11.9. The minimum Gasteiger partial charge on any atom is -0.299 e. The monoisotopic (exact) mass is 626 g/mol. The summed E-state index contributed by atoms with van der Waals surface area (Å²) in [7, 11) is 0. The van der Waals surface area contributed by atoms with Crippen molar-refractivity contribution in [3.8, 4) is 0 Å². The SMILES string of the molecule is O=C([C]1[CH][CH][CH][CH]1)C1C(c2ccccc2)C1c1ccccc1.O=C([C]1[CH][CH][CH][CH]1)C1C(c2ccccc2)C1c1ccccc1.[Fe+2]. The van der Waals surface area contributed by atoms with E-state index in [9.17, 15) is 9.59 Å². The first-order valence-electron chi connectivity index (χ1n) is 15.4. The Bertz CT molecular complexity index is 1320.